The Morgan fingerprint density at radius 1 is 1.33 bits per heavy atom. The molecule has 2 fully saturated rings. The molecule has 0 aromatic carbocycles. The van der Waals surface area contributed by atoms with Gasteiger partial charge in [-0.25, -0.2) is 0 Å². The fourth-order valence-corrected chi connectivity index (χ4v) is 5.06. The molecule has 8 nitrogen and oxygen atoms in total. The minimum atomic E-state index is -0.602. The molecule has 30 heavy (non-hydrogen) atoms. The fraction of sp³-hybridized carbons (Fsp3) is 0.727. The van der Waals surface area contributed by atoms with Crippen LogP contribution in [-0.4, -0.2) is 45.8 Å². The Balaban J connectivity index is 1.65. The van der Waals surface area contributed by atoms with E-state index in [0.29, 0.717) is 24.7 Å². The average molecular weight is 418 g/mol. The van der Waals surface area contributed by atoms with Crippen LogP contribution in [0.4, 0.5) is 11.4 Å². The Labute approximate surface area is 176 Å². The van der Waals surface area contributed by atoms with E-state index in [9.17, 15) is 20.0 Å². The lowest BCUT2D eigenvalue weighted by Gasteiger charge is -2.43. The van der Waals surface area contributed by atoms with E-state index >= 15 is 0 Å². The summed E-state index contributed by atoms with van der Waals surface area (Å²) in [5.74, 6) is -0.227. The number of aliphatic hydroxyl groups excluding tert-OH is 1. The number of hydrogen-bond donors (Lipinski definition) is 1. The van der Waals surface area contributed by atoms with Gasteiger partial charge < -0.3 is 14.7 Å². The Kier molecular flexibility index (Phi) is 5.46. The minimum absolute atomic E-state index is 0.0102. The van der Waals surface area contributed by atoms with Crippen LogP contribution in [0.5, 0.6) is 0 Å². The summed E-state index contributed by atoms with van der Waals surface area (Å²) >= 11 is 0. The predicted octanol–water partition coefficient (Wildman–Crippen LogP) is 3.03. The van der Waals surface area contributed by atoms with Crippen molar-refractivity contribution in [2.75, 3.05) is 18.0 Å². The third kappa shape index (κ3) is 4.29. The number of aliphatic hydroxyl groups is 1. The SMILES string of the molecule is CC(C)(C)OC(=O)C[C@@H]1CN(c2c([N+](=O)[O-])cnc3c2CCC3)C[C@H](C2CC2)[C@H]1O. The first-order chi connectivity index (χ1) is 14.1. The maximum Gasteiger partial charge on any atom is 0.310 e. The summed E-state index contributed by atoms with van der Waals surface area (Å²) in [5.41, 5.74) is 1.99. The zero-order chi connectivity index (χ0) is 21.6. The van der Waals surface area contributed by atoms with Gasteiger partial charge in [-0.3, -0.25) is 19.9 Å². The van der Waals surface area contributed by atoms with Gasteiger partial charge in [-0.1, -0.05) is 0 Å². The second-order valence-corrected chi connectivity index (χ2v) is 9.98. The third-order valence-corrected chi connectivity index (χ3v) is 6.46. The van der Waals surface area contributed by atoms with Crippen molar-refractivity contribution in [3.05, 3.63) is 27.6 Å². The van der Waals surface area contributed by atoms with Gasteiger partial charge in [-0.15, -0.1) is 0 Å². The van der Waals surface area contributed by atoms with Crippen molar-refractivity contribution >= 4 is 17.3 Å². The predicted molar refractivity (Wildman–Crippen MR) is 111 cm³/mol. The minimum Gasteiger partial charge on any atom is -0.460 e. The van der Waals surface area contributed by atoms with Crippen molar-refractivity contribution in [3.8, 4) is 0 Å². The Morgan fingerprint density at radius 3 is 2.70 bits per heavy atom. The van der Waals surface area contributed by atoms with Gasteiger partial charge in [0, 0.05) is 36.2 Å². The molecule has 1 aromatic heterocycles. The van der Waals surface area contributed by atoms with E-state index < -0.39 is 11.7 Å². The van der Waals surface area contributed by atoms with Gasteiger partial charge >= 0.3 is 11.7 Å². The molecule has 0 unspecified atom stereocenters. The highest BCUT2D eigenvalue weighted by atomic mass is 16.6. The van der Waals surface area contributed by atoms with E-state index in [1.807, 2.05) is 20.8 Å². The molecule has 1 aliphatic heterocycles. The number of nitrogens with zero attached hydrogens (tertiary/aromatic N) is 3. The number of anilines is 1. The van der Waals surface area contributed by atoms with Gasteiger partial charge in [0.25, 0.3) is 0 Å². The van der Waals surface area contributed by atoms with Gasteiger partial charge in [0.05, 0.1) is 17.4 Å². The molecule has 1 saturated carbocycles. The van der Waals surface area contributed by atoms with Crippen molar-refractivity contribution in [1.29, 1.82) is 0 Å². The van der Waals surface area contributed by atoms with Crippen LogP contribution in [-0.2, 0) is 22.4 Å². The molecule has 1 aromatic rings. The van der Waals surface area contributed by atoms with Crippen molar-refractivity contribution in [3.63, 3.8) is 0 Å². The van der Waals surface area contributed by atoms with Crippen molar-refractivity contribution in [2.45, 2.75) is 71.0 Å². The van der Waals surface area contributed by atoms with Crippen molar-refractivity contribution < 1.29 is 19.6 Å². The van der Waals surface area contributed by atoms with Crippen molar-refractivity contribution in [1.82, 2.24) is 4.98 Å². The normalized spacial score (nSPS) is 26.4. The summed E-state index contributed by atoms with van der Waals surface area (Å²) in [4.78, 5) is 30.3. The Bertz CT molecular complexity index is 846. The molecule has 3 atom stereocenters. The van der Waals surface area contributed by atoms with Crippen molar-refractivity contribution in [2.24, 2.45) is 17.8 Å². The number of hydrogen-bond acceptors (Lipinski definition) is 7. The van der Waals surface area contributed by atoms with Gasteiger partial charge in [0.2, 0.25) is 0 Å². The number of aryl methyl sites for hydroxylation is 1. The monoisotopic (exact) mass is 417 g/mol. The molecule has 8 heteroatoms. The molecule has 4 rings (SSSR count). The number of carbonyl (C=O) groups is 1. The zero-order valence-electron chi connectivity index (χ0n) is 18.0. The zero-order valence-corrected chi connectivity index (χ0v) is 18.0. The molecule has 2 aliphatic carbocycles. The molecule has 0 radical (unpaired) electrons. The van der Waals surface area contributed by atoms with Crippen LogP contribution in [0.15, 0.2) is 6.20 Å². The number of piperidine rings is 1. The fourth-order valence-electron chi connectivity index (χ4n) is 5.06. The molecular formula is C22H31N3O5. The maximum absolute atomic E-state index is 12.5. The Hall–Kier alpha value is -2.22. The first-order valence-corrected chi connectivity index (χ1v) is 10.9. The van der Waals surface area contributed by atoms with E-state index in [1.165, 1.54) is 6.20 Å². The number of rotatable bonds is 5. The summed E-state index contributed by atoms with van der Waals surface area (Å²) < 4.78 is 5.49. The molecular weight excluding hydrogens is 386 g/mol. The highest BCUT2D eigenvalue weighted by Crippen LogP contribution is 2.46. The highest BCUT2D eigenvalue weighted by molar-refractivity contribution is 5.72. The van der Waals surface area contributed by atoms with Crippen LogP contribution in [0.3, 0.4) is 0 Å². The largest absolute Gasteiger partial charge is 0.460 e. The number of nitro groups is 1. The van der Waals surface area contributed by atoms with Crippen LogP contribution >= 0.6 is 0 Å². The summed E-state index contributed by atoms with van der Waals surface area (Å²) in [6, 6.07) is 0. The number of aromatic nitrogens is 1. The molecule has 0 amide bonds. The third-order valence-electron chi connectivity index (χ3n) is 6.46. The lowest BCUT2D eigenvalue weighted by Crippen LogP contribution is -2.51. The summed E-state index contributed by atoms with van der Waals surface area (Å²) in [6.07, 6.45) is 5.57. The van der Waals surface area contributed by atoms with E-state index in [2.05, 4.69) is 9.88 Å². The second kappa shape index (κ2) is 7.80. The number of ether oxygens (including phenoxy) is 1. The molecule has 1 N–H and O–H groups in total. The van der Waals surface area contributed by atoms with E-state index in [-0.39, 0.29) is 34.8 Å². The summed E-state index contributed by atoms with van der Waals surface area (Å²) in [5, 5.41) is 22.8. The van der Waals surface area contributed by atoms with Gasteiger partial charge in [0.15, 0.2) is 0 Å². The number of fused-ring (bicyclic) bond motifs is 1. The van der Waals surface area contributed by atoms with Crippen LogP contribution in [0, 0.1) is 27.9 Å². The standard InChI is InChI=1S/C22H31N3O5/c1-22(2,3)30-19(26)9-14-11-24(12-16(21(14)27)13-7-8-13)20-15-5-4-6-17(15)23-10-18(20)25(28)29/h10,13-14,16,21,27H,4-9,11-12H2,1-3H3/t14-,16-,21+/m1/s1. The average Bonchev–Trinajstić information content (AvgIpc) is 3.37. The molecule has 3 aliphatic rings. The molecule has 0 spiro atoms. The molecule has 2 heterocycles. The van der Waals surface area contributed by atoms with E-state index in [4.69, 9.17) is 4.74 Å². The van der Waals surface area contributed by atoms with Crippen LogP contribution in [0.2, 0.25) is 0 Å². The second-order valence-electron chi connectivity index (χ2n) is 9.98. The van der Waals surface area contributed by atoms with Gasteiger partial charge in [-0.05, 0) is 58.8 Å². The summed E-state index contributed by atoms with van der Waals surface area (Å²) in [6.45, 7) is 6.45. The lowest BCUT2D eigenvalue weighted by atomic mass is 9.81. The van der Waals surface area contributed by atoms with Crippen LogP contribution < -0.4 is 4.90 Å². The smallest absolute Gasteiger partial charge is 0.310 e. The molecule has 164 valence electrons. The maximum atomic E-state index is 12.5. The number of carbonyl (C=O) groups excluding carboxylic acids is 1. The Morgan fingerprint density at radius 2 is 2.07 bits per heavy atom. The molecule has 1 saturated heterocycles. The quantitative estimate of drug-likeness (QED) is 0.446. The number of esters is 1. The van der Waals surface area contributed by atoms with E-state index in [0.717, 1.165) is 43.4 Å². The summed E-state index contributed by atoms with van der Waals surface area (Å²) in [7, 11) is 0. The molecule has 0 bridgehead atoms. The van der Waals surface area contributed by atoms with E-state index in [1.54, 1.807) is 0 Å². The topological polar surface area (TPSA) is 106 Å². The van der Waals surface area contributed by atoms with Gasteiger partial charge in [-0.2, -0.15) is 0 Å². The first-order valence-electron chi connectivity index (χ1n) is 10.9. The lowest BCUT2D eigenvalue weighted by molar-refractivity contribution is -0.384. The van der Waals surface area contributed by atoms with Gasteiger partial charge in [0.1, 0.15) is 17.5 Å². The first kappa shape index (κ1) is 21.0. The highest BCUT2D eigenvalue weighted by Gasteiger charge is 2.46. The van der Waals surface area contributed by atoms with Crippen LogP contribution in [0.25, 0.3) is 0 Å². The van der Waals surface area contributed by atoms with Crippen LogP contribution in [0.1, 0.15) is 57.7 Å². The number of pyridine rings is 1.